The predicted molar refractivity (Wildman–Crippen MR) is 150 cm³/mol. The standard InChI is InChI=1S/C32H37N3O3/c1-20(2)38-29(36)17-28-21(3)34-22(4)30(31(28)35-19-24-10-15-27(35)16-24)25-11-13-26(14-12-25)32(37)33-18-23-8-6-5-7-9-23/h5-9,11-14,20,24,27H,10,15-19H2,1-4H3,(H,33,37). The molecule has 6 heteroatoms. The van der Waals surface area contributed by atoms with Crippen LogP contribution in [0.3, 0.4) is 0 Å². The quantitative estimate of drug-likeness (QED) is 0.388. The van der Waals surface area contributed by atoms with E-state index in [0.29, 0.717) is 24.1 Å². The normalized spacial score (nSPS) is 18.2. The number of piperidine rings is 1. The molecule has 1 saturated heterocycles. The minimum absolute atomic E-state index is 0.103. The van der Waals surface area contributed by atoms with Crippen molar-refractivity contribution in [2.24, 2.45) is 5.92 Å². The van der Waals surface area contributed by atoms with Crippen molar-refractivity contribution in [3.05, 3.63) is 82.7 Å². The second-order valence-electron chi connectivity index (χ2n) is 10.9. The van der Waals surface area contributed by atoms with Crippen LogP contribution in [0.1, 0.15) is 66.0 Å². The maximum atomic E-state index is 12.8. The van der Waals surface area contributed by atoms with Gasteiger partial charge in [-0.1, -0.05) is 42.5 Å². The summed E-state index contributed by atoms with van der Waals surface area (Å²) >= 11 is 0. The van der Waals surface area contributed by atoms with E-state index >= 15 is 0 Å². The first-order valence-corrected chi connectivity index (χ1v) is 13.7. The first-order valence-electron chi connectivity index (χ1n) is 13.7. The fraction of sp³-hybridized carbons (Fsp3) is 0.406. The van der Waals surface area contributed by atoms with E-state index in [9.17, 15) is 9.59 Å². The Hall–Kier alpha value is -3.67. The highest BCUT2D eigenvalue weighted by atomic mass is 16.5. The number of amides is 1. The number of hydrogen-bond donors (Lipinski definition) is 1. The van der Waals surface area contributed by atoms with Gasteiger partial charge in [0.25, 0.3) is 5.91 Å². The lowest BCUT2D eigenvalue weighted by Gasteiger charge is -2.34. The van der Waals surface area contributed by atoms with Crippen LogP contribution in [0.25, 0.3) is 11.1 Å². The number of ether oxygens (including phenoxy) is 1. The molecule has 1 aliphatic carbocycles. The molecule has 3 aromatic rings. The van der Waals surface area contributed by atoms with E-state index in [0.717, 1.165) is 45.9 Å². The molecule has 2 fully saturated rings. The molecule has 1 N–H and O–H groups in total. The molecular weight excluding hydrogens is 474 g/mol. The van der Waals surface area contributed by atoms with Crippen LogP contribution >= 0.6 is 0 Å². The number of fused-ring (bicyclic) bond motifs is 2. The van der Waals surface area contributed by atoms with Crippen molar-refractivity contribution < 1.29 is 14.3 Å². The summed E-state index contributed by atoms with van der Waals surface area (Å²) in [5.41, 5.74) is 7.61. The fourth-order valence-electron chi connectivity index (χ4n) is 6.06. The highest BCUT2D eigenvalue weighted by molar-refractivity contribution is 5.95. The van der Waals surface area contributed by atoms with Crippen LogP contribution in [0, 0.1) is 19.8 Å². The SMILES string of the molecule is Cc1nc(C)c(-c2ccc(C(=O)NCc3ccccc3)cc2)c(N2CC3CCC2C3)c1CC(=O)OC(C)C. The van der Waals surface area contributed by atoms with Crippen LogP contribution in [0.4, 0.5) is 5.69 Å². The third-order valence-electron chi connectivity index (χ3n) is 7.77. The Morgan fingerprint density at radius 3 is 2.39 bits per heavy atom. The molecule has 2 unspecified atom stereocenters. The number of hydrogen-bond acceptors (Lipinski definition) is 5. The van der Waals surface area contributed by atoms with Gasteiger partial charge in [0.15, 0.2) is 0 Å². The van der Waals surface area contributed by atoms with Gasteiger partial charge < -0.3 is 15.0 Å². The van der Waals surface area contributed by atoms with Crippen molar-refractivity contribution in [1.29, 1.82) is 0 Å². The highest BCUT2D eigenvalue weighted by Gasteiger charge is 2.40. The number of anilines is 1. The van der Waals surface area contributed by atoms with Gasteiger partial charge in [-0.25, -0.2) is 0 Å². The van der Waals surface area contributed by atoms with Gasteiger partial charge in [0.1, 0.15) is 0 Å². The van der Waals surface area contributed by atoms with E-state index in [-0.39, 0.29) is 24.4 Å². The van der Waals surface area contributed by atoms with Crippen LogP contribution in [-0.2, 0) is 22.5 Å². The van der Waals surface area contributed by atoms with Crippen molar-refractivity contribution in [2.45, 2.75) is 72.1 Å². The first-order chi connectivity index (χ1) is 18.3. The summed E-state index contributed by atoms with van der Waals surface area (Å²) in [6, 6.07) is 18.1. The maximum Gasteiger partial charge on any atom is 0.310 e. The zero-order valence-electron chi connectivity index (χ0n) is 22.8. The lowest BCUT2D eigenvalue weighted by Crippen LogP contribution is -2.34. The van der Waals surface area contributed by atoms with E-state index in [1.165, 1.54) is 19.3 Å². The molecule has 5 rings (SSSR count). The van der Waals surface area contributed by atoms with Crippen LogP contribution in [-0.4, -0.2) is 35.6 Å². The topological polar surface area (TPSA) is 71.5 Å². The molecule has 2 aromatic carbocycles. The van der Waals surface area contributed by atoms with Gasteiger partial charge >= 0.3 is 5.97 Å². The minimum Gasteiger partial charge on any atom is -0.463 e. The molecular formula is C32H37N3O3. The predicted octanol–water partition coefficient (Wildman–Crippen LogP) is 5.78. The maximum absolute atomic E-state index is 12.8. The van der Waals surface area contributed by atoms with Gasteiger partial charge in [0.05, 0.1) is 18.2 Å². The van der Waals surface area contributed by atoms with Crippen molar-refractivity contribution in [3.63, 3.8) is 0 Å². The Morgan fingerprint density at radius 2 is 1.76 bits per heavy atom. The molecule has 2 atom stereocenters. The molecule has 2 bridgehead atoms. The average molecular weight is 512 g/mol. The number of rotatable bonds is 8. The molecule has 1 aliphatic heterocycles. The first kappa shape index (κ1) is 26.0. The Morgan fingerprint density at radius 1 is 1.03 bits per heavy atom. The molecule has 6 nitrogen and oxygen atoms in total. The van der Waals surface area contributed by atoms with Crippen molar-refractivity contribution in [2.75, 3.05) is 11.4 Å². The molecule has 2 aliphatic rings. The number of nitrogens with one attached hydrogen (secondary N) is 1. The van der Waals surface area contributed by atoms with Gasteiger partial charge in [-0.05, 0) is 76.1 Å². The Kier molecular flexibility index (Phi) is 7.50. The molecule has 1 saturated carbocycles. The van der Waals surface area contributed by atoms with Crippen molar-refractivity contribution in [3.8, 4) is 11.1 Å². The fourth-order valence-corrected chi connectivity index (χ4v) is 6.06. The lowest BCUT2D eigenvalue weighted by atomic mass is 9.93. The van der Waals surface area contributed by atoms with E-state index in [2.05, 4.69) is 10.2 Å². The molecule has 38 heavy (non-hydrogen) atoms. The summed E-state index contributed by atoms with van der Waals surface area (Å²) in [5.74, 6) is 0.372. The minimum atomic E-state index is -0.226. The van der Waals surface area contributed by atoms with Gasteiger partial charge in [-0.15, -0.1) is 0 Å². The van der Waals surface area contributed by atoms with Crippen molar-refractivity contribution >= 4 is 17.6 Å². The summed E-state index contributed by atoms with van der Waals surface area (Å²) in [5, 5.41) is 3.00. The molecule has 1 aromatic heterocycles. The molecule has 0 spiro atoms. The summed E-state index contributed by atoms with van der Waals surface area (Å²) < 4.78 is 5.53. The Bertz CT molecular complexity index is 1320. The summed E-state index contributed by atoms with van der Waals surface area (Å²) in [7, 11) is 0. The Balaban J connectivity index is 1.48. The number of nitrogens with zero attached hydrogens (tertiary/aromatic N) is 2. The monoisotopic (exact) mass is 511 g/mol. The van der Waals surface area contributed by atoms with E-state index < -0.39 is 0 Å². The summed E-state index contributed by atoms with van der Waals surface area (Å²) in [6.07, 6.45) is 3.70. The third kappa shape index (κ3) is 5.45. The number of aryl methyl sites for hydroxylation is 2. The largest absolute Gasteiger partial charge is 0.463 e. The molecule has 0 radical (unpaired) electrons. The lowest BCUT2D eigenvalue weighted by molar-refractivity contribution is -0.146. The molecule has 2 heterocycles. The zero-order valence-corrected chi connectivity index (χ0v) is 22.8. The number of carbonyl (C=O) groups excluding carboxylic acids is 2. The van der Waals surface area contributed by atoms with Crippen LogP contribution in [0.5, 0.6) is 0 Å². The van der Waals surface area contributed by atoms with Gasteiger partial charge in [-0.3, -0.25) is 14.6 Å². The Labute approximate surface area is 225 Å². The van der Waals surface area contributed by atoms with E-state index in [1.54, 1.807) is 0 Å². The zero-order chi connectivity index (χ0) is 26.8. The number of esters is 1. The molecule has 198 valence electrons. The van der Waals surface area contributed by atoms with E-state index in [4.69, 9.17) is 9.72 Å². The van der Waals surface area contributed by atoms with Crippen LogP contribution in [0.2, 0.25) is 0 Å². The van der Waals surface area contributed by atoms with Crippen LogP contribution in [0.15, 0.2) is 54.6 Å². The highest BCUT2D eigenvalue weighted by Crippen LogP contribution is 2.46. The summed E-state index contributed by atoms with van der Waals surface area (Å²) in [6.45, 7) is 9.28. The average Bonchev–Trinajstić information content (AvgIpc) is 3.53. The van der Waals surface area contributed by atoms with Gasteiger partial charge in [0.2, 0.25) is 0 Å². The number of benzene rings is 2. The number of aromatic nitrogens is 1. The number of pyridine rings is 1. The third-order valence-corrected chi connectivity index (χ3v) is 7.77. The van der Waals surface area contributed by atoms with E-state index in [1.807, 2.05) is 82.3 Å². The smallest absolute Gasteiger partial charge is 0.310 e. The molecule has 1 amide bonds. The van der Waals surface area contributed by atoms with Gasteiger partial charge in [-0.2, -0.15) is 0 Å². The second-order valence-corrected chi connectivity index (χ2v) is 10.9. The second kappa shape index (κ2) is 11.0. The van der Waals surface area contributed by atoms with Crippen molar-refractivity contribution in [1.82, 2.24) is 10.3 Å². The number of carbonyl (C=O) groups is 2. The van der Waals surface area contributed by atoms with Crippen LogP contribution < -0.4 is 10.2 Å². The summed E-state index contributed by atoms with van der Waals surface area (Å²) in [4.78, 5) is 33.0. The van der Waals surface area contributed by atoms with Gasteiger partial charge in [0, 0.05) is 47.2 Å².